The largest absolute Gasteiger partial charge is 0.470 e. The molecule has 136 valence electrons. The van der Waals surface area contributed by atoms with Crippen molar-refractivity contribution >= 4 is 0 Å². The Labute approximate surface area is 153 Å². The molecule has 3 aliphatic rings. The molecule has 6 heteroatoms. The average Bonchev–Trinajstić information content (AvgIpc) is 3.37. The monoisotopic (exact) mass is 352 g/mol. The molecule has 4 unspecified atom stereocenters. The third-order valence-electron chi connectivity index (χ3n) is 5.23. The Balaban J connectivity index is 1.65. The minimum absolute atomic E-state index is 0.0728. The van der Waals surface area contributed by atoms with Gasteiger partial charge in [0.2, 0.25) is 0 Å². The number of aromatic amines is 1. The molecule has 0 aromatic carbocycles. The second kappa shape index (κ2) is 6.88. The summed E-state index contributed by atoms with van der Waals surface area (Å²) in [7, 11) is 0. The van der Waals surface area contributed by atoms with Crippen LogP contribution in [0.5, 0.6) is 0 Å². The van der Waals surface area contributed by atoms with Crippen LogP contribution in [0.15, 0.2) is 66.9 Å². The second-order valence-electron chi connectivity index (χ2n) is 6.79. The van der Waals surface area contributed by atoms with Crippen molar-refractivity contribution in [2.75, 3.05) is 6.79 Å². The fourth-order valence-electron chi connectivity index (χ4n) is 3.72. The molecule has 0 saturated carbocycles. The predicted octanol–water partition coefficient (Wildman–Crippen LogP) is 2.74. The summed E-state index contributed by atoms with van der Waals surface area (Å²) in [6.07, 6.45) is 13.0. The highest BCUT2D eigenvalue weighted by atomic mass is 16.7. The number of H-pyrrole nitrogens is 1. The van der Waals surface area contributed by atoms with Crippen molar-refractivity contribution in [1.82, 2.24) is 20.8 Å². The van der Waals surface area contributed by atoms with Crippen LogP contribution in [0, 0.1) is 12.8 Å². The Hall–Kier alpha value is -2.73. The molecule has 1 saturated heterocycles. The van der Waals surface area contributed by atoms with Gasteiger partial charge in [-0.2, -0.15) is 5.10 Å². The number of ether oxygens (including phenoxy) is 2. The van der Waals surface area contributed by atoms with Gasteiger partial charge in [0, 0.05) is 29.8 Å². The highest BCUT2D eigenvalue weighted by molar-refractivity contribution is 5.45. The van der Waals surface area contributed by atoms with Crippen molar-refractivity contribution in [2.24, 2.45) is 5.92 Å². The van der Waals surface area contributed by atoms with Crippen LogP contribution >= 0.6 is 0 Å². The quantitative estimate of drug-likeness (QED) is 0.711. The van der Waals surface area contributed by atoms with Gasteiger partial charge in [-0.1, -0.05) is 24.8 Å². The Morgan fingerprint density at radius 2 is 2.27 bits per heavy atom. The summed E-state index contributed by atoms with van der Waals surface area (Å²) in [6.45, 7) is 10.2. The molecular formula is C20H24N4O2. The van der Waals surface area contributed by atoms with E-state index < -0.39 is 0 Å². The molecule has 4 atom stereocenters. The summed E-state index contributed by atoms with van der Waals surface area (Å²) in [5.41, 5.74) is 4.67. The van der Waals surface area contributed by atoms with Gasteiger partial charge in [-0.15, -0.1) is 6.58 Å². The van der Waals surface area contributed by atoms with E-state index in [1.807, 2.05) is 25.4 Å². The van der Waals surface area contributed by atoms with Crippen LogP contribution in [0.4, 0.5) is 0 Å². The number of aryl methyl sites for hydroxylation is 1. The number of hydrogen-bond acceptors (Lipinski definition) is 5. The first-order chi connectivity index (χ1) is 12.7. The Morgan fingerprint density at radius 1 is 1.38 bits per heavy atom. The van der Waals surface area contributed by atoms with E-state index in [0.29, 0.717) is 5.76 Å². The fraction of sp³-hybridized carbons (Fsp3) is 0.350. The van der Waals surface area contributed by atoms with Gasteiger partial charge in [0.25, 0.3) is 0 Å². The van der Waals surface area contributed by atoms with Gasteiger partial charge in [0.15, 0.2) is 6.79 Å². The van der Waals surface area contributed by atoms with E-state index in [1.54, 1.807) is 0 Å². The average molecular weight is 352 g/mol. The Kier molecular flexibility index (Phi) is 4.42. The fourth-order valence-corrected chi connectivity index (χ4v) is 3.72. The van der Waals surface area contributed by atoms with Crippen LogP contribution in [-0.4, -0.2) is 29.1 Å². The van der Waals surface area contributed by atoms with Crippen LogP contribution in [0.1, 0.15) is 23.7 Å². The van der Waals surface area contributed by atoms with Gasteiger partial charge in [-0.3, -0.25) is 5.10 Å². The van der Waals surface area contributed by atoms with E-state index >= 15 is 0 Å². The van der Waals surface area contributed by atoms with Gasteiger partial charge in [0.05, 0.1) is 18.3 Å². The zero-order valence-electron chi connectivity index (χ0n) is 14.9. The molecule has 0 spiro atoms. The number of nitrogens with one attached hydrogen (secondary N) is 3. The summed E-state index contributed by atoms with van der Waals surface area (Å²) >= 11 is 0. The van der Waals surface area contributed by atoms with E-state index in [2.05, 4.69) is 52.3 Å². The van der Waals surface area contributed by atoms with Crippen LogP contribution in [0.3, 0.4) is 0 Å². The molecular weight excluding hydrogens is 328 g/mol. The Bertz CT molecular complexity index is 804. The first-order valence-electron chi connectivity index (χ1n) is 8.83. The van der Waals surface area contributed by atoms with Crippen LogP contribution in [-0.2, 0) is 9.47 Å². The van der Waals surface area contributed by atoms with E-state index in [4.69, 9.17) is 9.47 Å². The summed E-state index contributed by atoms with van der Waals surface area (Å²) in [5, 5.41) is 14.0. The molecule has 0 amide bonds. The molecule has 4 heterocycles. The number of nitrogens with zero attached hydrogens (tertiary/aromatic N) is 1. The first kappa shape index (κ1) is 16.7. The van der Waals surface area contributed by atoms with Crippen molar-refractivity contribution in [3.05, 3.63) is 78.1 Å². The molecule has 26 heavy (non-hydrogen) atoms. The SMILES string of the molecule is C=CC1NC=CC1C1=CNC(c2cn[nH]c2C)C=C1CC1OCOC1=C. The molecule has 6 nitrogen and oxygen atoms in total. The minimum atomic E-state index is -0.116. The number of dihydropyridines is 1. The Morgan fingerprint density at radius 3 is 2.96 bits per heavy atom. The van der Waals surface area contributed by atoms with E-state index in [-0.39, 0.29) is 30.9 Å². The predicted molar refractivity (Wildman–Crippen MR) is 99.7 cm³/mol. The minimum Gasteiger partial charge on any atom is -0.470 e. The molecule has 3 aliphatic heterocycles. The molecule has 0 aliphatic carbocycles. The highest BCUT2D eigenvalue weighted by Crippen LogP contribution is 2.37. The molecule has 4 rings (SSSR count). The van der Waals surface area contributed by atoms with Crippen LogP contribution in [0.2, 0.25) is 0 Å². The van der Waals surface area contributed by atoms with Gasteiger partial charge in [-0.25, -0.2) is 0 Å². The van der Waals surface area contributed by atoms with Crippen molar-refractivity contribution in [2.45, 2.75) is 31.5 Å². The van der Waals surface area contributed by atoms with Gasteiger partial charge in [-0.05, 0) is 24.3 Å². The number of hydrogen-bond donors (Lipinski definition) is 3. The first-order valence-corrected chi connectivity index (χ1v) is 8.83. The summed E-state index contributed by atoms with van der Waals surface area (Å²) < 4.78 is 11.1. The standard InChI is InChI=1S/C20H24N4O2/c1-4-18-15(5-6-21-18)17-9-22-19(16-10-23-24-12(16)2)7-14(17)8-20-13(3)25-11-26-20/h4-7,9-10,15,18-22H,1,3,8,11H2,2H3,(H,23,24). The highest BCUT2D eigenvalue weighted by Gasteiger charge is 2.32. The molecule has 1 fully saturated rings. The van der Waals surface area contributed by atoms with Crippen LogP contribution in [0.25, 0.3) is 0 Å². The van der Waals surface area contributed by atoms with E-state index in [9.17, 15) is 0 Å². The lowest BCUT2D eigenvalue weighted by Crippen LogP contribution is -2.30. The zero-order chi connectivity index (χ0) is 18.1. The normalized spacial score (nSPS) is 30.3. The van der Waals surface area contributed by atoms with Crippen LogP contribution < -0.4 is 10.6 Å². The molecule has 0 bridgehead atoms. The number of rotatable bonds is 5. The molecule has 3 N–H and O–H groups in total. The van der Waals surface area contributed by atoms with Gasteiger partial charge in [0.1, 0.15) is 11.9 Å². The smallest absolute Gasteiger partial charge is 0.189 e. The third kappa shape index (κ3) is 2.97. The number of aromatic nitrogens is 2. The second-order valence-corrected chi connectivity index (χ2v) is 6.79. The maximum Gasteiger partial charge on any atom is 0.189 e. The molecule has 1 aromatic rings. The van der Waals surface area contributed by atoms with Crippen molar-refractivity contribution < 1.29 is 9.47 Å². The lowest BCUT2D eigenvalue weighted by Gasteiger charge is -2.29. The van der Waals surface area contributed by atoms with Crippen molar-refractivity contribution in [3.8, 4) is 0 Å². The van der Waals surface area contributed by atoms with Crippen molar-refractivity contribution in [1.29, 1.82) is 0 Å². The summed E-state index contributed by atoms with van der Waals surface area (Å²) in [6, 6.07) is 0.256. The van der Waals surface area contributed by atoms with Gasteiger partial charge < -0.3 is 20.1 Å². The van der Waals surface area contributed by atoms with E-state index in [0.717, 1.165) is 17.7 Å². The van der Waals surface area contributed by atoms with Gasteiger partial charge >= 0.3 is 0 Å². The maximum atomic E-state index is 5.70. The third-order valence-corrected chi connectivity index (χ3v) is 5.23. The van der Waals surface area contributed by atoms with E-state index in [1.165, 1.54) is 11.1 Å². The van der Waals surface area contributed by atoms with Crippen molar-refractivity contribution in [3.63, 3.8) is 0 Å². The summed E-state index contributed by atoms with van der Waals surface area (Å²) in [4.78, 5) is 0. The molecule has 0 radical (unpaired) electrons. The lowest BCUT2D eigenvalue weighted by molar-refractivity contribution is 0.0499. The summed E-state index contributed by atoms with van der Waals surface area (Å²) in [5.74, 6) is 0.924. The topological polar surface area (TPSA) is 71.2 Å². The maximum absolute atomic E-state index is 5.70. The zero-order valence-corrected chi connectivity index (χ0v) is 14.9. The lowest BCUT2D eigenvalue weighted by atomic mass is 9.83. The molecule has 1 aromatic heterocycles.